The number of nitrogens with one attached hydrogen (secondary N) is 1. The molecular weight excluding hydrogens is 279 g/mol. The van der Waals surface area contributed by atoms with Gasteiger partial charge in [-0.15, -0.1) is 0 Å². The molecule has 1 spiro atoms. The fourth-order valence-corrected chi connectivity index (χ4v) is 3.65. The van der Waals surface area contributed by atoms with Gasteiger partial charge in [0.1, 0.15) is 5.82 Å². The topological polar surface area (TPSA) is 32.3 Å². The normalized spacial score (nSPS) is 23.3. The molecule has 22 heavy (non-hydrogen) atoms. The highest BCUT2D eigenvalue weighted by atomic mass is 19.1. The first-order valence-electron chi connectivity index (χ1n) is 7.58. The average Bonchev–Trinajstić information content (AvgIpc) is 3.11. The molecule has 2 heterocycles. The number of nitrogens with zero attached hydrogens (tertiary/aromatic N) is 1. The summed E-state index contributed by atoms with van der Waals surface area (Å²) in [5.74, 6) is -0.180. The molecular formula is C18H17FN2O. The van der Waals surface area contributed by atoms with Crippen molar-refractivity contribution in [2.45, 2.75) is 18.4 Å². The van der Waals surface area contributed by atoms with Crippen LogP contribution in [0, 0.1) is 5.82 Å². The maximum absolute atomic E-state index is 14.0. The molecule has 4 heteroatoms. The SMILES string of the molecule is O=C1N(Cc2ccccc2F)c2ccccc2C12CCNC2. The van der Waals surface area contributed by atoms with E-state index in [0.717, 1.165) is 24.2 Å². The molecule has 0 aliphatic carbocycles. The summed E-state index contributed by atoms with van der Waals surface area (Å²) in [6.07, 6.45) is 0.802. The molecule has 2 aromatic carbocycles. The summed E-state index contributed by atoms with van der Waals surface area (Å²) in [4.78, 5) is 14.8. The number of benzene rings is 2. The Labute approximate surface area is 128 Å². The number of hydrogen-bond donors (Lipinski definition) is 1. The van der Waals surface area contributed by atoms with Crippen molar-refractivity contribution < 1.29 is 9.18 Å². The molecule has 0 aromatic heterocycles. The van der Waals surface area contributed by atoms with E-state index in [0.29, 0.717) is 12.1 Å². The van der Waals surface area contributed by atoms with Crippen LogP contribution in [0.3, 0.4) is 0 Å². The highest BCUT2D eigenvalue weighted by Gasteiger charge is 2.52. The van der Waals surface area contributed by atoms with Crippen molar-refractivity contribution in [1.29, 1.82) is 0 Å². The molecule has 4 rings (SSSR count). The Morgan fingerprint density at radius 1 is 1.14 bits per heavy atom. The third-order valence-electron chi connectivity index (χ3n) is 4.81. The predicted octanol–water partition coefficient (Wildman–Crippen LogP) is 2.60. The van der Waals surface area contributed by atoms with Gasteiger partial charge in [-0.1, -0.05) is 36.4 Å². The Kier molecular flexibility index (Phi) is 3.01. The summed E-state index contributed by atoms with van der Waals surface area (Å²) in [6.45, 7) is 1.79. The number of amides is 1. The van der Waals surface area contributed by atoms with Crippen LogP contribution in [0.1, 0.15) is 17.5 Å². The van der Waals surface area contributed by atoms with Crippen LogP contribution in [-0.2, 0) is 16.8 Å². The Balaban J connectivity index is 1.78. The van der Waals surface area contributed by atoms with Crippen molar-refractivity contribution in [2.75, 3.05) is 18.0 Å². The zero-order valence-electron chi connectivity index (χ0n) is 12.2. The van der Waals surface area contributed by atoms with Crippen molar-refractivity contribution in [1.82, 2.24) is 5.32 Å². The zero-order valence-corrected chi connectivity index (χ0v) is 12.2. The molecule has 1 N–H and O–H groups in total. The molecule has 0 saturated carbocycles. The van der Waals surface area contributed by atoms with E-state index in [1.807, 2.05) is 24.3 Å². The summed E-state index contributed by atoms with van der Waals surface area (Å²) >= 11 is 0. The van der Waals surface area contributed by atoms with Gasteiger partial charge in [-0.2, -0.15) is 0 Å². The van der Waals surface area contributed by atoms with Crippen molar-refractivity contribution in [2.24, 2.45) is 0 Å². The van der Waals surface area contributed by atoms with Crippen LogP contribution in [0.2, 0.25) is 0 Å². The molecule has 1 fully saturated rings. The fraction of sp³-hybridized carbons (Fsp3) is 0.278. The monoisotopic (exact) mass is 296 g/mol. The van der Waals surface area contributed by atoms with E-state index in [1.165, 1.54) is 6.07 Å². The van der Waals surface area contributed by atoms with Crippen molar-refractivity contribution in [3.05, 3.63) is 65.5 Å². The standard InChI is InChI=1S/C18H17FN2O/c19-15-7-3-1-5-13(15)11-21-16-8-4-2-6-14(16)18(17(21)22)9-10-20-12-18/h1-8,20H,9-12H2. The van der Waals surface area contributed by atoms with Gasteiger partial charge in [0.05, 0.1) is 12.0 Å². The van der Waals surface area contributed by atoms with Crippen LogP contribution in [0.25, 0.3) is 0 Å². The molecule has 0 bridgehead atoms. The molecule has 1 atom stereocenters. The number of carbonyl (C=O) groups excluding carboxylic acids is 1. The Morgan fingerprint density at radius 2 is 1.91 bits per heavy atom. The minimum Gasteiger partial charge on any atom is -0.315 e. The number of hydrogen-bond acceptors (Lipinski definition) is 2. The second-order valence-corrected chi connectivity index (χ2v) is 6.01. The number of rotatable bonds is 2. The molecule has 112 valence electrons. The lowest BCUT2D eigenvalue weighted by Gasteiger charge is -2.23. The number of halogens is 1. The number of carbonyl (C=O) groups is 1. The minimum absolute atomic E-state index is 0.0851. The van der Waals surface area contributed by atoms with E-state index in [-0.39, 0.29) is 18.3 Å². The van der Waals surface area contributed by atoms with Crippen molar-refractivity contribution >= 4 is 11.6 Å². The van der Waals surface area contributed by atoms with Gasteiger partial charge >= 0.3 is 0 Å². The number of para-hydroxylation sites is 1. The lowest BCUT2D eigenvalue weighted by molar-refractivity contribution is -0.122. The quantitative estimate of drug-likeness (QED) is 0.924. The van der Waals surface area contributed by atoms with E-state index in [4.69, 9.17) is 0 Å². The first kappa shape index (κ1) is 13.5. The van der Waals surface area contributed by atoms with Gasteiger partial charge in [-0.25, -0.2) is 4.39 Å². The highest BCUT2D eigenvalue weighted by Crippen LogP contribution is 2.45. The maximum Gasteiger partial charge on any atom is 0.239 e. The molecule has 2 aromatic rings. The van der Waals surface area contributed by atoms with Crippen LogP contribution in [0.4, 0.5) is 10.1 Å². The van der Waals surface area contributed by atoms with E-state index < -0.39 is 5.41 Å². The third-order valence-corrected chi connectivity index (χ3v) is 4.81. The first-order chi connectivity index (χ1) is 10.7. The van der Waals surface area contributed by atoms with Gasteiger partial charge in [0.15, 0.2) is 0 Å². The van der Waals surface area contributed by atoms with Gasteiger partial charge in [0.25, 0.3) is 0 Å². The van der Waals surface area contributed by atoms with Gasteiger partial charge in [0.2, 0.25) is 5.91 Å². The van der Waals surface area contributed by atoms with Crippen LogP contribution in [0.15, 0.2) is 48.5 Å². The summed E-state index contributed by atoms with van der Waals surface area (Å²) in [6, 6.07) is 14.5. The van der Waals surface area contributed by atoms with E-state index >= 15 is 0 Å². The lowest BCUT2D eigenvalue weighted by atomic mass is 9.81. The Hall–Kier alpha value is -2.20. The van der Waals surface area contributed by atoms with Gasteiger partial charge in [-0.3, -0.25) is 4.79 Å². The van der Waals surface area contributed by atoms with Crippen LogP contribution >= 0.6 is 0 Å². The van der Waals surface area contributed by atoms with Crippen molar-refractivity contribution in [3.8, 4) is 0 Å². The summed E-state index contributed by atoms with van der Waals surface area (Å²) < 4.78 is 14.0. The predicted molar refractivity (Wildman–Crippen MR) is 83.2 cm³/mol. The number of fused-ring (bicyclic) bond motifs is 2. The van der Waals surface area contributed by atoms with Gasteiger partial charge < -0.3 is 10.2 Å². The van der Waals surface area contributed by atoms with Crippen molar-refractivity contribution in [3.63, 3.8) is 0 Å². The molecule has 1 amide bonds. The Bertz CT molecular complexity index is 737. The largest absolute Gasteiger partial charge is 0.315 e. The molecule has 2 aliphatic heterocycles. The second-order valence-electron chi connectivity index (χ2n) is 6.01. The lowest BCUT2D eigenvalue weighted by Crippen LogP contribution is -2.41. The van der Waals surface area contributed by atoms with Crippen LogP contribution < -0.4 is 10.2 Å². The molecule has 0 radical (unpaired) electrons. The first-order valence-corrected chi connectivity index (χ1v) is 7.58. The smallest absolute Gasteiger partial charge is 0.239 e. The summed E-state index contributed by atoms with van der Waals surface area (Å²) in [5.41, 5.74) is 2.07. The fourth-order valence-electron chi connectivity index (χ4n) is 3.65. The van der Waals surface area contributed by atoms with E-state index in [1.54, 1.807) is 23.1 Å². The summed E-state index contributed by atoms with van der Waals surface area (Å²) in [7, 11) is 0. The molecule has 3 nitrogen and oxygen atoms in total. The second kappa shape index (κ2) is 4.92. The number of anilines is 1. The minimum atomic E-state index is -0.470. The van der Waals surface area contributed by atoms with Crippen LogP contribution in [-0.4, -0.2) is 19.0 Å². The average molecular weight is 296 g/mol. The van der Waals surface area contributed by atoms with E-state index in [2.05, 4.69) is 5.32 Å². The summed E-state index contributed by atoms with van der Waals surface area (Å²) in [5, 5.41) is 3.30. The highest BCUT2D eigenvalue weighted by molar-refractivity contribution is 6.08. The molecule has 1 saturated heterocycles. The van der Waals surface area contributed by atoms with Gasteiger partial charge in [-0.05, 0) is 30.7 Å². The molecule has 2 aliphatic rings. The molecule has 1 unspecified atom stereocenters. The maximum atomic E-state index is 14.0. The van der Waals surface area contributed by atoms with Gasteiger partial charge in [0, 0.05) is 17.8 Å². The zero-order chi connectivity index (χ0) is 15.2. The van der Waals surface area contributed by atoms with Crippen LogP contribution in [0.5, 0.6) is 0 Å². The van der Waals surface area contributed by atoms with E-state index in [9.17, 15) is 9.18 Å². The Morgan fingerprint density at radius 3 is 2.68 bits per heavy atom. The third kappa shape index (κ3) is 1.80.